The van der Waals surface area contributed by atoms with E-state index in [1.165, 1.54) is 27.8 Å². The Morgan fingerprint density at radius 2 is 1.71 bits per heavy atom. The second-order valence-electron chi connectivity index (χ2n) is 9.15. The van der Waals surface area contributed by atoms with Gasteiger partial charge in [-0.25, -0.2) is 9.59 Å². The molecule has 8 heteroatoms. The second-order valence-corrected chi connectivity index (χ2v) is 10.5. The van der Waals surface area contributed by atoms with Gasteiger partial charge in [0.1, 0.15) is 12.6 Å². The van der Waals surface area contributed by atoms with E-state index in [-0.39, 0.29) is 29.8 Å². The van der Waals surface area contributed by atoms with Crippen LogP contribution < -0.4 is 5.32 Å². The van der Waals surface area contributed by atoms with Crippen molar-refractivity contribution < 1.29 is 24.2 Å². The van der Waals surface area contributed by atoms with E-state index in [0.29, 0.717) is 18.6 Å². The van der Waals surface area contributed by atoms with Gasteiger partial charge in [-0.3, -0.25) is 4.79 Å². The van der Waals surface area contributed by atoms with Crippen LogP contribution in [-0.2, 0) is 14.3 Å². The molecule has 2 aromatic carbocycles. The fourth-order valence-corrected chi connectivity index (χ4v) is 6.75. The molecule has 2 aliphatic carbocycles. The van der Waals surface area contributed by atoms with Crippen molar-refractivity contribution in [3.63, 3.8) is 0 Å². The van der Waals surface area contributed by atoms with Crippen LogP contribution in [0.1, 0.15) is 43.2 Å². The number of carbonyl (C=O) groups is 3. The largest absolute Gasteiger partial charge is 0.480 e. The summed E-state index contributed by atoms with van der Waals surface area (Å²) in [5, 5.41) is 12.2. The predicted molar refractivity (Wildman–Crippen MR) is 130 cm³/mol. The number of benzene rings is 2. The summed E-state index contributed by atoms with van der Waals surface area (Å²) in [5.74, 6) is -1.24. The van der Waals surface area contributed by atoms with Gasteiger partial charge in [0.2, 0.25) is 5.91 Å². The van der Waals surface area contributed by atoms with Gasteiger partial charge in [-0.1, -0.05) is 55.0 Å². The van der Waals surface area contributed by atoms with Crippen LogP contribution in [0.15, 0.2) is 48.5 Å². The average Bonchev–Trinajstić information content (AvgIpc) is 3.53. The van der Waals surface area contributed by atoms with Gasteiger partial charge in [0.15, 0.2) is 0 Å². The molecule has 1 aliphatic heterocycles. The Balaban J connectivity index is 1.24. The highest BCUT2D eigenvalue weighted by atomic mass is 32.2. The lowest BCUT2D eigenvalue weighted by Gasteiger charge is -2.30. The molecule has 3 aliphatic rings. The number of amides is 2. The Labute approximate surface area is 202 Å². The Bertz CT molecular complexity index is 1080. The molecule has 2 aromatic rings. The van der Waals surface area contributed by atoms with Gasteiger partial charge in [0, 0.05) is 17.7 Å². The molecule has 2 N–H and O–H groups in total. The lowest BCUT2D eigenvalue weighted by atomic mass is 9.98. The second kappa shape index (κ2) is 9.33. The van der Waals surface area contributed by atoms with E-state index < -0.39 is 24.0 Å². The molecule has 4 unspecified atom stereocenters. The minimum atomic E-state index is -0.982. The first-order valence-electron chi connectivity index (χ1n) is 11.7. The number of ether oxygens (including phenoxy) is 1. The summed E-state index contributed by atoms with van der Waals surface area (Å²) in [5.41, 5.74) is 4.62. The Hall–Kier alpha value is -3.00. The van der Waals surface area contributed by atoms with Crippen molar-refractivity contribution in [2.45, 2.75) is 49.6 Å². The molecule has 4 atom stereocenters. The fourth-order valence-electron chi connectivity index (χ4n) is 5.58. The summed E-state index contributed by atoms with van der Waals surface area (Å²) in [6.45, 7) is 2.07. The van der Waals surface area contributed by atoms with Gasteiger partial charge in [-0.2, -0.15) is 0 Å². The molecule has 34 heavy (non-hydrogen) atoms. The maximum atomic E-state index is 13.3. The summed E-state index contributed by atoms with van der Waals surface area (Å²) in [7, 11) is 0. The number of aliphatic carboxylic acids is 1. The van der Waals surface area contributed by atoms with E-state index in [9.17, 15) is 19.5 Å². The molecule has 2 fully saturated rings. The van der Waals surface area contributed by atoms with Crippen LogP contribution in [0, 0.1) is 5.92 Å². The summed E-state index contributed by atoms with van der Waals surface area (Å²) in [6, 6.07) is 15.2. The molecule has 0 aromatic heterocycles. The number of rotatable bonds is 5. The van der Waals surface area contributed by atoms with Crippen LogP contribution in [0.3, 0.4) is 0 Å². The molecule has 1 saturated heterocycles. The topological polar surface area (TPSA) is 95.9 Å². The maximum absolute atomic E-state index is 13.3. The van der Waals surface area contributed by atoms with Gasteiger partial charge in [0.05, 0.1) is 11.3 Å². The van der Waals surface area contributed by atoms with Crippen LogP contribution in [0.2, 0.25) is 0 Å². The first-order valence-corrected chi connectivity index (χ1v) is 12.8. The quantitative estimate of drug-likeness (QED) is 0.670. The zero-order valence-corrected chi connectivity index (χ0v) is 19.8. The van der Waals surface area contributed by atoms with E-state index in [4.69, 9.17) is 4.74 Å². The molecular weight excluding hydrogens is 452 g/mol. The van der Waals surface area contributed by atoms with Gasteiger partial charge >= 0.3 is 12.1 Å². The minimum Gasteiger partial charge on any atom is -0.480 e. The molecule has 178 valence electrons. The van der Waals surface area contributed by atoms with E-state index >= 15 is 0 Å². The molecule has 0 radical (unpaired) electrons. The van der Waals surface area contributed by atoms with Crippen molar-refractivity contribution in [2.75, 3.05) is 12.4 Å². The number of nitrogens with one attached hydrogen (secondary N) is 1. The van der Waals surface area contributed by atoms with Crippen LogP contribution in [0.25, 0.3) is 11.1 Å². The molecule has 1 heterocycles. The van der Waals surface area contributed by atoms with Crippen LogP contribution >= 0.6 is 11.8 Å². The fraction of sp³-hybridized carbons (Fsp3) is 0.423. The third-order valence-corrected chi connectivity index (χ3v) is 8.46. The predicted octanol–water partition coefficient (Wildman–Crippen LogP) is 4.07. The zero-order chi connectivity index (χ0) is 23.8. The van der Waals surface area contributed by atoms with Crippen molar-refractivity contribution >= 4 is 29.7 Å². The van der Waals surface area contributed by atoms with Crippen molar-refractivity contribution in [1.29, 1.82) is 0 Å². The Kier molecular flexibility index (Phi) is 6.25. The van der Waals surface area contributed by atoms with Gasteiger partial charge in [-0.05, 0) is 42.0 Å². The highest BCUT2D eigenvalue weighted by molar-refractivity contribution is 8.00. The van der Waals surface area contributed by atoms with E-state index in [1.807, 2.05) is 31.2 Å². The number of alkyl carbamates (subject to hydrolysis) is 1. The number of carboxylic acid groups (broad SMARTS) is 1. The van der Waals surface area contributed by atoms with Gasteiger partial charge in [0.25, 0.3) is 0 Å². The maximum Gasteiger partial charge on any atom is 0.407 e. The van der Waals surface area contributed by atoms with E-state index in [2.05, 4.69) is 29.6 Å². The third-order valence-electron chi connectivity index (χ3n) is 7.24. The molecular formula is C26H28N2O5S. The smallest absolute Gasteiger partial charge is 0.407 e. The highest BCUT2D eigenvalue weighted by Crippen LogP contribution is 2.44. The monoisotopic (exact) mass is 480 g/mol. The summed E-state index contributed by atoms with van der Waals surface area (Å²) in [4.78, 5) is 39.1. The summed E-state index contributed by atoms with van der Waals surface area (Å²) < 4.78 is 5.66. The molecule has 0 bridgehead atoms. The number of nitrogens with zero attached hydrogens (tertiary/aromatic N) is 1. The minimum absolute atomic E-state index is 0.0297. The molecule has 7 nitrogen and oxygen atoms in total. The number of thioether (sulfide) groups is 1. The lowest BCUT2D eigenvalue weighted by Crippen LogP contribution is -2.51. The van der Waals surface area contributed by atoms with Crippen molar-refractivity contribution in [2.24, 2.45) is 5.92 Å². The standard InChI is InChI=1S/C26H28N2O5S/c1-15-28(23(14-34-15)25(30)31)24(29)20-11-6-12-22(20)27-26(32)33-13-21-18-9-4-2-7-16(18)17-8-3-5-10-19(17)21/h2-5,7-10,15,20-23H,6,11-14H2,1H3,(H,27,32)(H,30,31). The van der Waals surface area contributed by atoms with Crippen LogP contribution in [-0.4, -0.2) is 57.8 Å². The van der Waals surface area contributed by atoms with Crippen molar-refractivity contribution in [1.82, 2.24) is 10.2 Å². The zero-order valence-electron chi connectivity index (χ0n) is 19.0. The number of hydrogen-bond acceptors (Lipinski definition) is 5. The molecule has 0 spiro atoms. The van der Waals surface area contributed by atoms with Crippen molar-refractivity contribution in [3.05, 3.63) is 59.7 Å². The Morgan fingerprint density at radius 1 is 1.06 bits per heavy atom. The average molecular weight is 481 g/mol. The summed E-state index contributed by atoms with van der Waals surface area (Å²) in [6.07, 6.45) is 1.57. The number of fused-ring (bicyclic) bond motifs is 3. The van der Waals surface area contributed by atoms with Crippen LogP contribution in [0.5, 0.6) is 0 Å². The molecule has 5 rings (SSSR count). The van der Waals surface area contributed by atoms with Gasteiger partial charge < -0.3 is 20.1 Å². The first kappa shape index (κ1) is 22.8. The molecule has 2 amide bonds. The normalized spacial score (nSPS) is 25.6. The third kappa shape index (κ3) is 4.04. The molecule has 1 saturated carbocycles. The SMILES string of the molecule is CC1SCC(C(=O)O)N1C(=O)C1CCCC1NC(=O)OCC1c2ccccc2-c2ccccc21. The number of carbonyl (C=O) groups excluding carboxylic acids is 2. The lowest BCUT2D eigenvalue weighted by molar-refractivity contribution is -0.151. The highest BCUT2D eigenvalue weighted by Gasteiger charge is 2.45. The van der Waals surface area contributed by atoms with Crippen LogP contribution in [0.4, 0.5) is 4.79 Å². The van der Waals surface area contributed by atoms with Gasteiger partial charge in [-0.15, -0.1) is 11.8 Å². The number of hydrogen-bond donors (Lipinski definition) is 2. The Morgan fingerprint density at radius 3 is 2.35 bits per heavy atom. The van der Waals surface area contributed by atoms with E-state index in [0.717, 1.165) is 17.5 Å². The van der Waals surface area contributed by atoms with Crippen molar-refractivity contribution in [3.8, 4) is 11.1 Å². The van der Waals surface area contributed by atoms with E-state index in [1.54, 1.807) is 0 Å². The number of carboxylic acids is 1. The first-order chi connectivity index (χ1) is 16.5. The summed E-state index contributed by atoms with van der Waals surface area (Å²) >= 11 is 1.47.